The third kappa shape index (κ3) is 4.76. The highest BCUT2D eigenvalue weighted by atomic mass is 32.1. The Morgan fingerprint density at radius 1 is 1.18 bits per heavy atom. The Balaban J connectivity index is 2.19. The van der Waals surface area contributed by atoms with Gasteiger partial charge in [0.15, 0.2) is 10.9 Å². The number of phenolic OH excluding ortho intramolecular Hbond substituents is 2. The second-order valence-electron chi connectivity index (χ2n) is 5.44. The Morgan fingerprint density at radius 3 is 2.50 bits per heavy atom. The molecule has 10 nitrogen and oxygen atoms in total. The molecule has 0 aliphatic heterocycles. The number of phenols is 2. The van der Waals surface area contributed by atoms with E-state index in [1.54, 1.807) is 18.2 Å². The maximum atomic E-state index is 10.9. The summed E-state index contributed by atoms with van der Waals surface area (Å²) in [6.45, 7) is 1.51. The van der Waals surface area contributed by atoms with Crippen LogP contribution in [0, 0.1) is 10.1 Å². The highest BCUT2D eigenvalue weighted by Gasteiger charge is 2.19. The standard InChI is InChI=1S/C17H18N4O6S/c1-9(11-7-13(21(24)25)15(23)8-14(11)22)19-20-17(28)18-12-6-10(26-2)4-5-16(12)27-3/h4-8,22-23H,1-3H3,(H2,18,20,28). The van der Waals surface area contributed by atoms with Crippen LogP contribution in [0.25, 0.3) is 0 Å². The van der Waals surface area contributed by atoms with Crippen molar-refractivity contribution in [1.82, 2.24) is 5.43 Å². The van der Waals surface area contributed by atoms with E-state index in [-0.39, 0.29) is 22.1 Å². The van der Waals surface area contributed by atoms with Gasteiger partial charge in [-0.2, -0.15) is 5.10 Å². The number of ether oxygens (including phenoxy) is 2. The Hall–Kier alpha value is -3.60. The van der Waals surface area contributed by atoms with E-state index in [9.17, 15) is 20.3 Å². The van der Waals surface area contributed by atoms with Crippen molar-refractivity contribution in [3.05, 3.63) is 46.0 Å². The lowest BCUT2D eigenvalue weighted by atomic mass is 10.1. The quantitative estimate of drug-likeness (QED) is 0.247. The van der Waals surface area contributed by atoms with Crippen LogP contribution < -0.4 is 20.2 Å². The first kappa shape index (κ1) is 20.7. The third-order valence-corrected chi connectivity index (χ3v) is 3.85. The number of nitro groups is 1. The average molecular weight is 406 g/mol. The van der Waals surface area contributed by atoms with Gasteiger partial charge in [0.05, 0.1) is 30.5 Å². The molecule has 11 heteroatoms. The van der Waals surface area contributed by atoms with Crippen molar-refractivity contribution in [2.45, 2.75) is 6.92 Å². The van der Waals surface area contributed by atoms with Crippen LogP contribution in [0.4, 0.5) is 11.4 Å². The first-order chi connectivity index (χ1) is 13.3. The van der Waals surface area contributed by atoms with Gasteiger partial charge in [0, 0.05) is 23.8 Å². The van der Waals surface area contributed by atoms with Gasteiger partial charge < -0.3 is 25.0 Å². The van der Waals surface area contributed by atoms with E-state index < -0.39 is 16.4 Å². The summed E-state index contributed by atoms with van der Waals surface area (Å²) in [6, 6.07) is 7.00. The van der Waals surface area contributed by atoms with Gasteiger partial charge in [0.1, 0.15) is 17.2 Å². The molecule has 148 valence electrons. The van der Waals surface area contributed by atoms with Gasteiger partial charge in [-0.3, -0.25) is 15.5 Å². The molecule has 2 rings (SSSR count). The normalized spacial score (nSPS) is 10.9. The molecule has 0 saturated carbocycles. The number of aromatic hydroxyl groups is 2. The smallest absolute Gasteiger partial charge is 0.311 e. The molecule has 0 bridgehead atoms. The Bertz CT molecular complexity index is 947. The fraction of sp³-hybridized carbons (Fsp3) is 0.176. The van der Waals surface area contributed by atoms with Crippen LogP contribution in [0.2, 0.25) is 0 Å². The lowest BCUT2D eigenvalue weighted by Gasteiger charge is -2.13. The molecule has 0 amide bonds. The maximum absolute atomic E-state index is 10.9. The average Bonchev–Trinajstić information content (AvgIpc) is 2.65. The largest absolute Gasteiger partial charge is 0.507 e. The molecule has 0 aromatic heterocycles. The SMILES string of the molecule is COc1ccc(OC)c(NC(=S)NN=C(C)c2cc([N+](=O)[O-])c(O)cc2O)c1. The minimum absolute atomic E-state index is 0.0683. The predicted octanol–water partition coefficient (Wildman–Crippen LogP) is 2.73. The number of methoxy groups -OCH3 is 2. The number of hydrazone groups is 1. The van der Waals surface area contributed by atoms with Crippen molar-refractivity contribution in [3.8, 4) is 23.0 Å². The van der Waals surface area contributed by atoms with E-state index in [1.807, 2.05) is 0 Å². The monoisotopic (exact) mass is 406 g/mol. The van der Waals surface area contributed by atoms with E-state index in [0.29, 0.717) is 17.2 Å². The molecule has 0 fully saturated rings. The second-order valence-corrected chi connectivity index (χ2v) is 5.85. The molecular formula is C17H18N4O6S. The molecule has 0 unspecified atom stereocenters. The number of thiocarbonyl (C=S) groups is 1. The fourth-order valence-electron chi connectivity index (χ4n) is 2.26. The van der Waals surface area contributed by atoms with Gasteiger partial charge in [-0.15, -0.1) is 0 Å². The molecule has 0 spiro atoms. The topological polar surface area (TPSA) is 138 Å². The molecule has 0 aliphatic rings. The summed E-state index contributed by atoms with van der Waals surface area (Å²) >= 11 is 5.18. The summed E-state index contributed by atoms with van der Waals surface area (Å²) in [5.41, 5.74) is 2.84. The van der Waals surface area contributed by atoms with Crippen LogP contribution in [0.3, 0.4) is 0 Å². The van der Waals surface area contributed by atoms with Crippen LogP contribution in [0.15, 0.2) is 35.4 Å². The molecule has 0 atom stereocenters. The Labute approximate surface area is 165 Å². The van der Waals surface area contributed by atoms with E-state index in [4.69, 9.17) is 21.7 Å². The van der Waals surface area contributed by atoms with Crippen LogP contribution >= 0.6 is 12.2 Å². The zero-order valence-corrected chi connectivity index (χ0v) is 16.0. The highest BCUT2D eigenvalue weighted by molar-refractivity contribution is 7.80. The number of hydrogen-bond donors (Lipinski definition) is 4. The zero-order valence-electron chi connectivity index (χ0n) is 15.2. The Kier molecular flexibility index (Phi) is 6.55. The van der Waals surface area contributed by atoms with Gasteiger partial charge in [-0.05, 0) is 31.3 Å². The number of benzene rings is 2. The first-order valence-electron chi connectivity index (χ1n) is 7.80. The lowest BCUT2D eigenvalue weighted by Crippen LogP contribution is -2.25. The van der Waals surface area contributed by atoms with E-state index in [1.165, 1.54) is 21.1 Å². The predicted molar refractivity (Wildman–Crippen MR) is 108 cm³/mol. The third-order valence-electron chi connectivity index (χ3n) is 3.66. The van der Waals surface area contributed by atoms with Crippen LogP contribution in [0.5, 0.6) is 23.0 Å². The summed E-state index contributed by atoms with van der Waals surface area (Å²) in [7, 11) is 3.03. The van der Waals surface area contributed by atoms with Crippen molar-refractivity contribution >= 4 is 34.4 Å². The van der Waals surface area contributed by atoms with Crippen LogP contribution in [-0.2, 0) is 0 Å². The number of nitrogens with one attached hydrogen (secondary N) is 2. The summed E-state index contributed by atoms with van der Waals surface area (Å²) in [6.07, 6.45) is 0. The number of rotatable bonds is 6. The number of nitrogens with zero attached hydrogens (tertiary/aromatic N) is 2. The van der Waals surface area contributed by atoms with Gasteiger partial charge in [-0.25, -0.2) is 0 Å². The van der Waals surface area contributed by atoms with E-state index in [0.717, 1.165) is 12.1 Å². The maximum Gasteiger partial charge on any atom is 0.311 e. The fourth-order valence-corrected chi connectivity index (χ4v) is 2.41. The minimum atomic E-state index is -0.764. The van der Waals surface area contributed by atoms with Gasteiger partial charge >= 0.3 is 5.69 Å². The molecule has 4 N–H and O–H groups in total. The summed E-state index contributed by atoms with van der Waals surface area (Å²) in [5.74, 6) is 0.110. The van der Waals surface area contributed by atoms with E-state index in [2.05, 4.69) is 15.8 Å². The number of nitro benzene ring substituents is 1. The molecular weight excluding hydrogens is 388 g/mol. The lowest BCUT2D eigenvalue weighted by molar-refractivity contribution is -0.385. The number of hydrogen-bond acceptors (Lipinski definition) is 8. The zero-order chi connectivity index (χ0) is 20.8. The van der Waals surface area contributed by atoms with E-state index >= 15 is 0 Å². The van der Waals surface area contributed by atoms with Crippen molar-refractivity contribution < 1.29 is 24.6 Å². The molecule has 0 heterocycles. The summed E-state index contributed by atoms with van der Waals surface area (Å²) in [5, 5.41) is 37.4. The molecule has 2 aromatic carbocycles. The van der Waals surface area contributed by atoms with Gasteiger partial charge in [0.2, 0.25) is 0 Å². The molecule has 0 radical (unpaired) electrons. The van der Waals surface area contributed by atoms with Crippen molar-refractivity contribution in [2.24, 2.45) is 5.10 Å². The second kappa shape index (κ2) is 8.86. The van der Waals surface area contributed by atoms with Gasteiger partial charge in [-0.1, -0.05) is 0 Å². The summed E-state index contributed by atoms with van der Waals surface area (Å²) < 4.78 is 10.4. The van der Waals surface area contributed by atoms with Gasteiger partial charge in [0.25, 0.3) is 0 Å². The van der Waals surface area contributed by atoms with Crippen molar-refractivity contribution in [2.75, 3.05) is 19.5 Å². The minimum Gasteiger partial charge on any atom is -0.507 e. The summed E-state index contributed by atoms with van der Waals surface area (Å²) in [4.78, 5) is 10.2. The van der Waals surface area contributed by atoms with Crippen molar-refractivity contribution in [3.63, 3.8) is 0 Å². The number of anilines is 1. The first-order valence-corrected chi connectivity index (χ1v) is 8.21. The Morgan fingerprint density at radius 2 is 1.89 bits per heavy atom. The highest BCUT2D eigenvalue weighted by Crippen LogP contribution is 2.33. The molecule has 0 saturated heterocycles. The van der Waals surface area contributed by atoms with Crippen LogP contribution in [0.1, 0.15) is 12.5 Å². The van der Waals surface area contributed by atoms with Crippen molar-refractivity contribution in [1.29, 1.82) is 0 Å². The molecule has 2 aromatic rings. The van der Waals surface area contributed by atoms with Crippen LogP contribution in [-0.4, -0.2) is 40.2 Å². The molecule has 0 aliphatic carbocycles. The molecule has 28 heavy (non-hydrogen) atoms.